The first kappa shape index (κ1) is 13.6. The van der Waals surface area contributed by atoms with Crippen molar-refractivity contribution in [2.75, 3.05) is 20.2 Å². The second-order valence-electron chi connectivity index (χ2n) is 5.58. The predicted molar refractivity (Wildman–Crippen MR) is 81.2 cm³/mol. The van der Waals surface area contributed by atoms with E-state index in [1.807, 2.05) is 0 Å². The minimum absolute atomic E-state index is 0.216. The van der Waals surface area contributed by atoms with Crippen molar-refractivity contribution in [3.63, 3.8) is 0 Å². The summed E-state index contributed by atoms with van der Waals surface area (Å²) in [7, 11) is 1.81. The van der Waals surface area contributed by atoms with Gasteiger partial charge in [-0.15, -0.1) is 0 Å². The Morgan fingerprint density at radius 3 is 3.05 bits per heavy atom. The molecule has 0 amide bonds. The summed E-state index contributed by atoms with van der Waals surface area (Å²) in [5, 5.41) is 3.41. The van der Waals surface area contributed by atoms with Gasteiger partial charge < -0.3 is 14.6 Å². The van der Waals surface area contributed by atoms with Gasteiger partial charge >= 0.3 is 0 Å². The summed E-state index contributed by atoms with van der Waals surface area (Å²) in [6.07, 6.45) is 2.26. The first-order valence-corrected chi connectivity index (χ1v) is 7.45. The average Bonchev–Trinajstić information content (AvgIpc) is 2.84. The molecule has 1 aliphatic rings. The van der Waals surface area contributed by atoms with Gasteiger partial charge in [-0.05, 0) is 37.6 Å². The maximum absolute atomic E-state index is 5.69. The number of aromatic nitrogens is 2. The summed E-state index contributed by atoms with van der Waals surface area (Å²) in [5.74, 6) is 1.17. The molecule has 2 heterocycles. The monoisotopic (exact) mass is 273 g/mol. The number of rotatable bonds is 3. The van der Waals surface area contributed by atoms with E-state index in [9.17, 15) is 0 Å². The fourth-order valence-corrected chi connectivity index (χ4v) is 3.23. The average molecular weight is 273 g/mol. The van der Waals surface area contributed by atoms with Crippen molar-refractivity contribution < 1.29 is 4.74 Å². The minimum atomic E-state index is 0.216. The number of ether oxygens (including phenoxy) is 1. The van der Waals surface area contributed by atoms with Gasteiger partial charge in [-0.25, -0.2) is 4.98 Å². The highest BCUT2D eigenvalue weighted by Crippen LogP contribution is 2.29. The lowest BCUT2D eigenvalue weighted by Gasteiger charge is -2.33. The van der Waals surface area contributed by atoms with Gasteiger partial charge in [-0.2, -0.15) is 0 Å². The van der Waals surface area contributed by atoms with E-state index in [2.05, 4.69) is 41.9 Å². The second kappa shape index (κ2) is 5.54. The molecule has 1 fully saturated rings. The van der Waals surface area contributed by atoms with Crippen molar-refractivity contribution in [2.24, 2.45) is 0 Å². The number of benzene rings is 1. The van der Waals surface area contributed by atoms with E-state index in [-0.39, 0.29) is 6.10 Å². The SMILES string of the molecule is CCc1nc2cc(C)ccc2n1[C@@H]1CCNC[C@H]1OC. The Labute approximate surface area is 120 Å². The van der Waals surface area contributed by atoms with Crippen molar-refractivity contribution in [2.45, 2.75) is 38.8 Å². The molecular weight excluding hydrogens is 250 g/mol. The van der Waals surface area contributed by atoms with Gasteiger partial charge in [-0.3, -0.25) is 0 Å². The number of nitrogens with one attached hydrogen (secondary N) is 1. The maximum atomic E-state index is 5.69. The molecule has 1 aromatic heterocycles. The van der Waals surface area contributed by atoms with E-state index in [4.69, 9.17) is 9.72 Å². The zero-order chi connectivity index (χ0) is 14.1. The molecule has 20 heavy (non-hydrogen) atoms. The molecule has 4 nitrogen and oxygen atoms in total. The predicted octanol–water partition coefficient (Wildman–Crippen LogP) is 2.46. The lowest BCUT2D eigenvalue weighted by molar-refractivity contribution is 0.0395. The normalized spacial score (nSPS) is 23.4. The number of piperidine rings is 1. The van der Waals surface area contributed by atoms with Gasteiger partial charge in [0.15, 0.2) is 0 Å². The van der Waals surface area contributed by atoms with E-state index >= 15 is 0 Å². The molecule has 1 aromatic carbocycles. The smallest absolute Gasteiger partial charge is 0.109 e. The van der Waals surface area contributed by atoms with Crippen molar-refractivity contribution in [3.8, 4) is 0 Å². The minimum Gasteiger partial charge on any atom is -0.378 e. The highest BCUT2D eigenvalue weighted by atomic mass is 16.5. The number of hydrogen-bond donors (Lipinski definition) is 1. The van der Waals surface area contributed by atoms with E-state index < -0.39 is 0 Å². The number of fused-ring (bicyclic) bond motifs is 1. The zero-order valence-corrected chi connectivity index (χ0v) is 12.5. The Morgan fingerprint density at radius 1 is 1.45 bits per heavy atom. The van der Waals surface area contributed by atoms with Crippen LogP contribution in [0.1, 0.15) is 30.8 Å². The van der Waals surface area contributed by atoms with Crippen LogP contribution in [0.2, 0.25) is 0 Å². The quantitative estimate of drug-likeness (QED) is 0.933. The molecule has 2 atom stereocenters. The number of hydrogen-bond acceptors (Lipinski definition) is 3. The number of nitrogens with zero attached hydrogens (tertiary/aromatic N) is 2. The Bertz CT molecular complexity index is 605. The van der Waals surface area contributed by atoms with Crippen molar-refractivity contribution in [1.29, 1.82) is 0 Å². The van der Waals surface area contributed by atoms with Crippen LogP contribution >= 0.6 is 0 Å². The molecule has 0 spiro atoms. The topological polar surface area (TPSA) is 39.1 Å². The number of imidazole rings is 1. The van der Waals surface area contributed by atoms with Crippen LogP contribution in [-0.2, 0) is 11.2 Å². The largest absolute Gasteiger partial charge is 0.378 e. The molecule has 0 saturated carbocycles. The van der Waals surface area contributed by atoms with Crippen molar-refractivity contribution in [3.05, 3.63) is 29.6 Å². The fraction of sp³-hybridized carbons (Fsp3) is 0.562. The molecule has 0 unspecified atom stereocenters. The highest BCUT2D eigenvalue weighted by Gasteiger charge is 2.29. The first-order chi connectivity index (χ1) is 9.74. The molecular formula is C16H23N3O. The lowest BCUT2D eigenvalue weighted by Crippen LogP contribution is -2.43. The summed E-state index contributed by atoms with van der Waals surface area (Å²) < 4.78 is 8.10. The molecule has 4 heteroatoms. The molecule has 0 radical (unpaired) electrons. The van der Waals surface area contributed by atoms with Gasteiger partial charge in [0, 0.05) is 20.1 Å². The van der Waals surface area contributed by atoms with E-state index in [1.165, 1.54) is 16.9 Å². The number of aryl methyl sites for hydroxylation is 2. The van der Waals surface area contributed by atoms with Crippen LogP contribution in [0.3, 0.4) is 0 Å². The Morgan fingerprint density at radius 2 is 2.30 bits per heavy atom. The molecule has 2 aromatic rings. The zero-order valence-electron chi connectivity index (χ0n) is 12.5. The third-order valence-corrected chi connectivity index (χ3v) is 4.26. The molecule has 108 valence electrons. The Kier molecular flexibility index (Phi) is 3.76. The Balaban J connectivity index is 2.13. The van der Waals surface area contributed by atoms with Gasteiger partial charge in [0.1, 0.15) is 5.82 Å². The molecule has 3 rings (SSSR count). The lowest BCUT2D eigenvalue weighted by atomic mass is 10.0. The molecule has 0 bridgehead atoms. The van der Waals surface area contributed by atoms with Crippen LogP contribution in [0, 0.1) is 6.92 Å². The third kappa shape index (κ3) is 2.23. The third-order valence-electron chi connectivity index (χ3n) is 4.26. The van der Waals surface area contributed by atoms with Gasteiger partial charge in [0.2, 0.25) is 0 Å². The van der Waals surface area contributed by atoms with Crippen LogP contribution < -0.4 is 5.32 Å². The summed E-state index contributed by atoms with van der Waals surface area (Å²) in [4.78, 5) is 4.82. The van der Waals surface area contributed by atoms with Crippen LogP contribution in [0.15, 0.2) is 18.2 Å². The van der Waals surface area contributed by atoms with Gasteiger partial charge in [0.25, 0.3) is 0 Å². The van der Waals surface area contributed by atoms with Gasteiger partial charge in [-0.1, -0.05) is 13.0 Å². The van der Waals surface area contributed by atoms with Crippen LogP contribution in [0.5, 0.6) is 0 Å². The van der Waals surface area contributed by atoms with Crippen molar-refractivity contribution in [1.82, 2.24) is 14.9 Å². The van der Waals surface area contributed by atoms with Crippen LogP contribution in [0.25, 0.3) is 11.0 Å². The molecule has 0 aliphatic carbocycles. The van der Waals surface area contributed by atoms with E-state index in [1.54, 1.807) is 7.11 Å². The second-order valence-corrected chi connectivity index (χ2v) is 5.58. The summed E-state index contributed by atoms with van der Waals surface area (Å²) >= 11 is 0. The summed E-state index contributed by atoms with van der Waals surface area (Å²) in [6, 6.07) is 6.92. The Hall–Kier alpha value is -1.39. The van der Waals surface area contributed by atoms with E-state index in [0.717, 1.165) is 31.4 Å². The number of methoxy groups -OCH3 is 1. The highest BCUT2D eigenvalue weighted by molar-refractivity contribution is 5.77. The standard InChI is InChI=1S/C16H23N3O/c1-4-16-18-12-9-11(2)5-6-13(12)19(16)14-7-8-17-10-15(14)20-3/h5-6,9,14-15,17H,4,7-8,10H2,1-3H3/t14-,15-/m1/s1. The van der Waals surface area contributed by atoms with Crippen molar-refractivity contribution >= 4 is 11.0 Å². The van der Waals surface area contributed by atoms with Gasteiger partial charge in [0.05, 0.1) is 23.2 Å². The van der Waals surface area contributed by atoms with Crippen LogP contribution in [-0.4, -0.2) is 35.9 Å². The summed E-state index contributed by atoms with van der Waals surface area (Å²) in [5.41, 5.74) is 3.61. The molecule has 1 N–H and O–H groups in total. The van der Waals surface area contributed by atoms with E-state index in [0.29, 0.717) is 6.04 Å². The maximum Gasteiger partial charge on any atom is 0.109 e. The fourth-order valence-electron chi connectivity index (χ4n) is 3.23. The molecule has 1 aliphatic heterocycles. The molecule has 1 saturated heterocycles. The summed E-state index contributed by atoms with van der Waals surface area (Å²) in [6.45, 7) is 6.25. The first-order valence-electron chi connectivity index (χ1n) is 7.45. The van der Waals surface area contributed by atoms with Crippen LogP contribution in [0.4, 0.5) is 0 Å².